The highest BCUT2D eigenvalue weighted by atomic mass is 32.2. The fourth-order valence-corrected chi connectivity index (χ4v) is 19.5. The van der Waals surface area contributed by atoms with Crippen molar-refractivity contribution in [2.45, 2.75) is 389 Å². The quantitative estimate of drug-likeness (QED) is 0.00838. The molecule has 846 valence electrons. The topological polar surface area (TPSA) is 461 Å². The van der Waals surface area contributed by atoms with E-state index >= 15 is 0 Å². The Balaban J connectivity index is 0.000000311. The largest absolute Gasteiger partial charge is 0.490 e. The second-order valence-corrected chi connectivity index (χ2v) is 49.3. The van der Waals surface area contributed by atoms with E-state index in [2.05, 4.69) is 60.2 Å². The average Bonchev–Trinajstić information content (AvgIpc) is 1.61. The minimum Gasteiger partial charge on any atom is -0.490 e. The molecule has 7 aliphatic rings. The Labute approximate surface area is 888 Å². The van der Waals surface area contributed by atoms with Crippen molar-refractivity contribution in [2.24, 2.45) is 37.9 Å². The van der Waals surface area contributed by atoms with Crippen LogP contribution in [-0.2, 0) is 119 Å². The lowest BCUT2D eigenvalue weighted by Gasteiger charge is -2.32. The van der Waals surface area contributed by atoms with Gasteiger partial charge in [-0.1, -0.05) is 257 Å². The summed E-state index contributed by atoms with van der Waals surface area (Å²) in [7, 11) is -8.16. The molecule has 0 bridgehead atoms. The van der Waals surface area contributed by atoms with Gasteiger partial charge in [-0.25, -0.2) is 14.0 Å². The fourth-order valence-electron chi connectivity index (χ4n) is 17.2. The summed E-state index contributed by atoms with van der Waals surface area (Å²) in [5.41, 5.74) is 2.35. The summed E-state index contributed by atoms with van der Waals surface area (Å²) in [6.45, 7) is 78.4. The van der Waals surface area contributed by atoms with Crippen molar-refractivity contribution >= 4 is 50.1 Å². The van der Waals surface area contributed by atoms with Crippen molar-refractivity contribution in [3.8, 4) is 0 Å². The van der Waals surface area contributed by atoms with Gasteiger partial charge in [-0.15, -0.1) is 0 Å². The summed E-state index contributed by atoms with van der Waals surface area (Å²) < 4.78 is 166. The molecule has 0 unspecified atom stereocenters. The number of esters is 5. The van der Waals surface area contributed by atoms with Gasteiger partial charge < -0.3 is 112 Å². The van der Waals surface area contributed by atoms with E-state index in [1.165, 1.54) is 45.0 Å². The Hall–Kier alpha value is -8.94. The number of rotatable bonds is 30. The third-order valence-corrected chi connectivity index (χ3v) is 27.4. The zero-order valence-corrected chi connectivity index (χ0v) is 95.0. The van der Waals surface area contributed by atoms with Crippen LogP contribution in [-0.4, -0.2) is 287 Å². The van der Waals surface area contributed by atoms with Crippen LogP contribution in [0.15, 0.2) is 193 Å². The van der Waals surface area contributed by atoms with E-state index in [1.807, 2.05) is 151 Å². The number of aliphatic hydroxyl groups is 7. The molecule has 0 saturated carbocycles. The Bertz CT molecular complexity index is 5260. The normalized spacial score (nSPS) is 28.3. The third kappa shape index (κ3) is 39.5. The van der Waals surface area contributed by atoms with Gasteiger partial charge in [-0.3, -0.25) is 22.7 Å². The number of ether oxygens (including phenoxy) is 16. The van der Waals surface area contributed by atoms with E-state index < -0.39 is 172 Å². The van der Waals surface area contributed by atoms with E-state index in [9.17, 15) is 70.7 Å². The summed E-state index contributed by atoms with van der Waals surface area (Å²) in [4.78, 5) is 57.8. The molecular formula is C113H171FO34S2. The number of hydrogen-bond donors (Lipinski definition) is 7. The molecule has 0 radical (unpaired) electrons. The van der Waals surface area contributed by atoms with Gasteiger partial charge in [0, 0.05) is 33.8 Å². The SMILES string of the molecule is C=C(C)O[C@@H]1C(=C)[C@@H](COC(=O)c2ccccc2)O[C@H]1C(C)(C)C.C=C(C)O[C@@H]1[C@@H](F)[C@@H](COC(=O)c2ccccc2)O[C@H]1C(C)(C)C.C=C(C)O[C@@H]1[C@@H](OS(=O)(=O)c2ccc(C)cc2)[C@@H](COC(C)=O)O[C@H]1C(C)(C)C.C=C(C)O[C@@H]1[C@H](OC(C)=O)[C@@H](CCOC(C)=O)O[C@H]1C(C)(C)C.C=C1[C@@H](O)[C@H](C(C)(C)C)O[C@@H]1CO.CC(C)(C)[C@@H]1O[C@H](CCO)[C@@H](O)[C@H]1O.Cc1ccc(S(=O)(=O)O[C@@H]2[C@@H](O)[C@H](C(C)(C)C)O[C@@H]2CO)cc1. The molecule has 150 heavy (non-hydrogen) atoms. The number of aryl methyl sites for hydroxylation is 2. The molecule has 11 rings (SSSR count). The Kier molecular flexibility index (Phi) is 49.5. The lowest BCUT2D eigenvalue weighted by molar-refractivity contribution is -0.155. The first kappa shape index (κ1) is 132. The van der Waals surface area contributed by atoms with Gasteiger partial charge in [0.2, 0.25) is 0 Å². The third-order valence-electron chi connectivity index (χ3n) is 24.8. The number of benzene rings is 4. The predicted molar refractivity (Wildman–Crippen MR) is 562 cm³/mol. The van der Waals surface area contributed by atoms with Gasteiger partial charge in [0.05, 0.1) is 88.2 Å². The molecule has 7 heterocycles. The maximum Gasteiger partial charge on any atom is 0.338 e. The fraction of sp³-hybridized carbons (Fsp3) is 0.637. The monoisotopic (exact) mass is 2160 g/mol. The lowest BCUT2D eigenvalue weighted by atomic mass is 9.85. The number of halogens is 1. The maximum atomic E-state index is 14.8. The number of carbonyl (C=O) groups excluding carboxylic acids is 5. The Morgan fingerprint density at radius 2 is 0.713 bits per heavy atom. The van der Waals surface area contributed by atoms with Crippen LogP contribution in [0.25, 0.3) is 0 Å². The predicted octanol–water partition coefficient (Wildman–Crippen LogP) is 15.9. The van der Waals surface area contributed by atoms with E-state index in [-0.39, 0.29) is 130 Å². The zero-order valence-electron chi connectivity index (χ0n) is 93.4. The van der Waals surface area contributed by atoms with Gasteiger partial charge in [-0.05, 0) is 146 Å². The van der Waals surface area contributed by atoms with Crippen LogP contribution in [0.1, 0.15) is 239 Å². The number of aliphatic hydroxyl groups excluding tert-OH is 7. The molecule has 4 aromatic carbocycles. The zero-order chi connectivity index (χ0) is 114. The second kappa shape index (κ2) is 56.4. The van der Waals surface area contributed by atoms with Gasteiger partial charge >= 0.3 is 29.8 Å². The van der Waals surface area contributed by atoms with Crippen LogP contribution in [0.2, 0.25) is 0 Å². The average molecular weight is 2160 g/mol. The molecule has 0 aromatic heterocycles. The van der Waals surface area contributed by atoms with Gasteiger partial charge in [-0.2, -0.15) is 16.8 Å². The van der Waals surface area contributed by atoms with E-state index in [4.69, 9.17) is 94.4 Å². The summed E-state index contributed by atoms with van der Waals surface area (Å²) in [6, 6.07) is 30.1. The first-order chi connectivity index (χ1) is 69.0. The highest BCUT2D eigenvalue weighted by Crippen LogP contribution is 2.46. The number of alkyl halides is 1. The van der Waals surface area contributed by atoms with Crippen molar-refractivity contribution in [3.05, 3.63) is 205 Å². The smallest absolute Gasteiger partial charge is 0.338 e. The summed E-state index contributed by atoms with van der Waals surface area (Å²) >= 11 is 0. The lowest BCUT2D eigenvalue weighted by Crippen LogP contribution is -2.43. The standard InChI is InChI=1S/C21H30O7S.C20H26O4.C19H25FO4.C17H28O6.C16H24O6S.C10H20O4.C10H18O3/c1-13(2)26-19-18(28-29(23,24)16-10-8-14(3)9-11-16)17(12-25-15(4)22)27-20(19)21(5,6)7;1-13(2)23-17-14(3)16(24-18(17)20(4,5)6)12-22-19(21)15-10-8-7-9-11-15;1-12(2)23-16-15(20)14(24-17(16)19(3,4)5)11-22-18(21)13-9-7-6-8-10-13;1-10(2)21-15-14(22-12(4)19)13(8-9-20-11(3)18)23-16(15)17(5,6)7;1-10-5-7-11(8-6-10)23(19,20)22-14-12(9-17)21-15(13(14)18)16(2,3)4;1-10(2,3)9-8(13)7(12)6(14-9)4-5-11;1-6-7(5-11)13-9(8(6)12)10(2,3)4/h8-11,17-20H,1,12H2,2-7H3;7-11,16-18H,1,3,12H2,2,4-6H3;6-10,14-17H,1,11H2,2-5H3;13-16H,1,8-9H2,2-7H3;5-8,12-15,17-18H,9H2,1-4H3;6-9,11-13H,4-5H2,1-3H3;7-9,11-12H,1,5H2,2-4H3/t17-,18+,19-,20-;16-,17-,18-;14-,15+,16-,17-;13-,14-,15-,16-;12-,13-,14+,15-;6-,7-,8-,9-;7-,8-,9-/m1111111/s1. The summed E-state index contributed by atoms with van der Waals surface area (Å²) in [5.74, 6) is -0.136. The number of carbonyl (C=O) groups is 5. The van der Waals surface area contributed by atoms with E-state index in [1.54, 1.807) is 100 Å². The van der Waals surface area contributed by atoms with Crippen LogP contribution in [0.3, 0.4) is 0 Å². The van der Waals surface area contributed by atoms with Crippen LogP contribution in [0.4, 0.5) is 4.39 Å². The molecule has 7 aliphatic heterocycles. The minimum absolute atomic E-state index is 0.00574. The van der Waals surface area contributed by atoms with Crippen molar-refractivity contribution < 1.29 is 165 Å². The molecule has 7 N–H and O–H groups in total. The van der Waals surface area contributed by atoms with Gasteiger partial charge in [0.15, 0.2) is 30.6 Å². The molecule has 0 amide bonds. The van der Waals surface area contributed by atoms with Crippen molar-refractivity contribution in [2.75, 3.05) is 46.2 Å². The van der Waals surface area contributed by atoms with Crippen molar-refractivity contribution in [1.29, 1.82) is 0 Å². The Morgan fingerprint density at radius 3 is 1.09 bits per heavy atom. The maximum absolute atomic E-state index is 14.8. The van der Waals surface area contributed by atoms with E-state index in [0.717, 1.165) is 16.7 Å². The Morgan fingerprint density at radius 1 is 0.347 bits per heavy atom. The van der Waals surface area contributed by atoms with Crippen LogP contribution < -0.4 is 0 Å². The molecule has 4 aromatic rings. The van der Waals surface area contributed by atoms with Crippen LogP contribution >= 0.6 is 0 Å². The summed E-state index contributed by atoms with van der Waals surface area (Å²) in [6.07, 6.45) is -16.0. The molecule has 7 saturated heterocycles. The van der Waals surface area contributed by atoms with Crippen LogP contribution in [0, 0.1) is 51.8 Å². The van der Waals surface area contributed by atoms with Crippen molar-refractivity contribution in [3.63, 3.8) is 0 Å². The van der Waals surface area contributed by atoms with E-state index in [0.29, 0.717) is 52.6 Å². The molecule has 37 heteroatoms. The first-order valence-electron chi connectivity index (χ1n) is 50.4. The molecule has 0 aliphatic carbocycles. The molecule has 34 nitrogen and oxygen atoms in total. The minimum atomic E-state index is -4.10. The van der Waals surface area contributed by atoms with Crippen molar-refractivity contribution in [1.82, 2.24) is 0 Å². The van der Waals surface area contributed by atoms with Crippen LogP contribution in [0.5, 0.6) is 0 Å². The first-order valence-corrected chi connectivity index (χ1v) is 53.2. The second-order valence-electron chi connectivity index (χ2n) is 46.2. The molecular weight excluding hydrogens is 1980 g/mol. The summed E-state index contributed by atoms with van der Waals surface area (Å²) in [5, 5.41) is 66.7. The number of allylic oxidation sites excluding steroid dienone is 4. The number of hydrogen-bond acceptors (Lipinski definition) is 34. The highest BCUT2D eigenvalue weighted by Gasteiger charge is 2.58. The molecule has 7 fully saturated rings. The molecule has 26 atom stereocenters. The highest BCUT2D eigenvalue weighted by molar-refractivity contribution is 7.87. The van der Waals surface area contributed by atoms with Gasteiger partial charge in [0.25, 0.3) is 20.2 Å². The van der Waals surface area contributed by atoms with Gasteiger partial charge in [0.1, 0.15) is 124 Å². The molecule has 0 spiro atoms.